The second-order valence-corrected chi connectivity index (χ2v) is 7.01. The highest BCUT2D eigenvalue weighted by atomic mass is 32.2. The number of benzene rings is 1. The van der Waals surface area contributed by atoms with Crippen molar-refractivity contribution in [1.29, 1.82) is 0 Å². The Morgan fingerprint density at radius 2 is 2.05 bits per heavy atom. The van der Waals surface area contributed by atoms with Crippen LogP contribution >= 0.6 is 11.3 Å². The average molecular weight is 316 g/mol. The first-order chi connectivity index (χ1) is 9.33. The molecule has 0 saturated heterocycles. The van der Waals surface area contributed by atoms with Gasteiger partial charge in [0.25, 0.3) is 10.0 Å². The van der Waals surface area contributed by atoms with Crippen LogP contribution in [0.3, 0.4) is 0 Å². The van der Waals surface area contributed by atoms with Gasteiger partial charge in [-0.2, -0.15) is 0 Å². The Balaban J connectivity index is 2.41. The average Bonchev–Trinajstić information content (AvgIpc) is 2.77. The van der Waals surface area contributed by atoms with Gasteiger partial charge in [0.05, 0.1) is 4.90 Å². The highest BCUT2D eigenvalue weighted by molar-refractivity contribution is 7.93. The normalized spacial score (nSPS) is 11.6. The molecule has 2 rings (SSSR count). The molecule has 0 unspecified atom stereocenters. The lowest BCUT2D eigenvalue weighted by atomic mass is 10.1. The maximum absolute atomic E-state index is 13.7. The molecular weight excluding hydrogens is 303 g/mol. The molecule has 0 aliphatic rings. The van der Waals surface area contributed by atoms with E-state index in [1.54, 1.807) is 6.92 Å². The standard InChI is InChI=1S/C11H13FN4O2S2/c1-6-3-9(4-8(5-13)10(6)12)20(17,18)16-11-15-14-7(2)19-11/h3-4H,5,13H2,1-2H3,(H,15,16). The van der Waals surface area contributed by atoms with Crippen LogP contribution < -0.4 is 10.5 Å². The molecule has 0 bridgehead atoms. The predicted octanol–water partition coefficient (Wildman–Crippen LogP) is 1.55. The number of nitrogens with zero attached hydrogens (tertiary/aromatic N) is 2. The zero-order valence-electron chi connectivity index (χ0n) is 10.8. The second-order valence-electron chi connectivity index (χ2n) is 4.15. The van der Waals surface area contributed by atoms with Crippen molar-refractivity contribution >= 4 is 26.5 Å². The van der Waals surface area contributed by atoms with Gasteiger partial charge in [0.2, 0.25) is 5.13 Å². The van der Waals surface area contributed by atoms with E-state index in [-0.39, 0.29) is 27.7 Å². The Hall–Kier alpha value is -1.58. The third-order valence-corrected chi connectivity index (χ3v) is 4.78. The molecule has 1 aromatic heterocycles. The van der Waals surface area contributed by atoms with Gasteiger partial charge >= 0.3 is 0 Å². The van der Waals surface area contributed by atoms with Gasteiger partial charge in [-0.1, -0.05) is 11.3 Å². The topological polar surface area (TPSA) is 98.0 Å². The molecule has 0 atom stereocenters. The van der Waals surface area contributed by atoms with Crippen LogP contribution in [0.5, 0.6) is 0 Å². The summed E-state index contributed by atoms with van der Waals surface area (Å²) in [6.07, 6.45) is 0. The number of nitrogens with one attached hydrogen (secondary N) is 1. The van der Waals surface area contributed by atoms with E-state index in [2.05, 4.69) is 14.9 Å². The van der Waals surface area contributed by atoms with Crippen molar-refractivity contribution in [3.8, 4) is 0 Å². The minimum atomic E-state index is -3.84. The van der Waals surface area contributed by atoms with Crippen LogP contribution in [0.15, 0.2) is 17.0 Å². The van der Waals surface area contributed by atoms with Crippen molar-refractivity contribution in [2.75, 3.05) is 4.72 Å². The van der Waals surface area contributed by atoms with Crippen molar-refractivity contribution in [1.82, 2.24) is 10.2 Å². The van der Waals surface area contributed by atoms with Crippen LogP contribution in [0.2, 0.25) is 0 Å². The number of hydrogen-bond donors (Lipinski definition) is 2. The molecule has 0 saturated carbocycles. The van der Waals surface area contributed by atoms with Crippen molar-refractivity contribution in [2.45, 2.75) is 25.3 Å². The second kappa shape index (κ2) is 5.43. The maximum atomic E-state index is 13.7. The first kappa shape index (κ1) is 14.8. The van der Waals surface area contributed by atoms with E-state index in [1.807, 2.05) is 0 Å². The summed E-state index contributed by atoms with van der Waals surface area (Å²) in [6.45, 7) is 3.13. The fraction of sp³-hybridized carbons (Fsp3) is 0.273. The molecule has 0 fully saturated rings. The summed E-state index contributed by atoms with van der Waals surface area (Å²) in [6, 6.07) is 2.48. The summed E-state index contributed by atoms with van der Waals surface area (Å²) in [5, 5.41) is 8.21. The van der Waals surface area contributed by atoms with Gasteiger partial charge < -0.3 is 5.73 Å². The van der Waals surface area contributed by atoms with Crippen LogP contribution in [0.25, 0.3) is 0 Å². The van der Waals surface area contributed by atoms with E-state index < -0.39 is 15.8 Å². The van der Waals surface area contributed by atoms with Crippen molar-refractivity contribution < 1.29 is 12.8 Å². The van der Waals surface area contributed by atoms with Gasteiger partial charge in [0.1, 0.15) is 10.8 Å². The lowest BCUT2D eigenvalue weighted by Gasteiger charge is -2.09. The van der Waals surface area contributed by atoms with Crippen LogP contribution in [0.1, 0.15) is 16.1 Å². The van der Waals surface area contributed by atoms with Crippen molar-refractivity contribution in [3.63, 3.8) is 0 Å². The minimum Gasteiger partial charge on any atom is -0.326 e. The Morgan fingerprint density at radius 1 is 1.35 bits per heavy atom. The van der Waals surface area contributed by atoms with Gasteiger partial charge in [-0.05, 0) is 31.5 Å². The number of anilines is 1. The number of nitrogens with two attached hydrogens (primary N) is 1. The van der Waals surface area contributed by atoms with E-state index in [0.717, 1.165) is 11.3 Å². The molecule has 2 aromatic rings. The van der Waals surface area contributed by atoms with Gasteiger partial charge in [0, 0.05) is 12.1 Å². The summed E-state index contributed by atoms with van der Waals surface area (Å²) < 4.78 is 40.4. The minimum absolute atomic E-state index is 0.0512. The monoisotopic (exact) mass is 316 g/mol. The molecule has 3 N–H and O–H groups in total. The summed E-state index contributed by atoms with van der Waals surface area (Å²) in [4.78, 5) is -0.0512. The highest BCUT2D eigenvalue weighted by Gasteiger charge is 2.19. The Bertz CT molecular complexity index is 743. The largest absolute Gasteiger partial charge is 0.326 e. The molecule has 0 aliphatic carbocycles. The van der Waals surface area contributed by atoms with Gasteiger partial charge in [-0.15, -0.1) is 10.2 Å². The molecule has 0 radical (unpaired) electrons. The third kappa shape index (κ3) is 2.94. The molecule has 0 amide bonds. The summed E-state index contributed by atoms with van der Waals surface area (Å²) >= 11 is 1.12. The molecular formula is C11H13FN4O2S2. The van der Waals surface area contributed by atoms with Crippen LogP contribution in [-0.4, -0.2) is 18.6 Å². The zero-order valence-corrected chi connectivity index (χ0v) is 12.5. The molecule has 0 spiro atoms. The molecule has 1 heterocycles. The number of aromatic nitrogens is 2. The Morgan fingerprint density at radius 3 is 2.60 bits per heavy atom. The molecule has 1 aromatic carbocycles. The molecule has 20 heavy (non-hydrogen) atoms. The summed E-state index contributed by atoms with van der Waals surface area (Å²) in [5.41, 5.74) is 5.79. The number of aryl methyl sites for hydroxylation is 2. The smallest absolute Gasteiger partial charge is 0.263 e. The van der Waals surface area contributed by atoms with Gasteiger partial charge in [-0.25, -0.2) is 12.8 Å². The van der Waals surface area contributed by atoms with E-state index in [9.17, 15) is 12.8 Å². The highest BCUT2D eigenvalue weighted by Crippen LogP contribution is 2.23. The number of sulfonamides is 1. The fourth-order valence-corrected chi connectivity index (χ4v) is 3.58. The van der Waals surface area contributed by atoms with Crippen LogP contribution in [-0.2, 0) is 16.6 Å². The maximum Gasteiger partial charge on any atom is 0.263 e. The predicted molar refractivity (Wildman–Crippen MR) is 74.5 cm³/mol. The van der Waals surface area contributed by atoms with E-state index in [1.165, 1.54) is 19.1 Å². The SMILES string of the molecule is Cc1nnc(NS(=O)(=O)c2cc(C)c(F)c(CN)c2)s1. The van der Waals surface area contributed by atoms with E-state index in [0.29, 0.717) is 5.01 Å². The molecule has 108 valence electrons. The van der Waals surface area contributed by atoms with Crippen molar-refractivity contribution in [3.05, 3.63) is 34.1 Å². The first-order valence-corrected chi connectivity index (χ1v) is 7.95. The van der Waals surface area contributed by atoms with Crippen LogP contribution in [0.4, 0.5) is 9.52 Å². The number of hydrogen-bond acceptors (Lipinski definition) is 6. The fourth-order valence-electron chi connectivity index (χ4n) is 1.62. The molecule has 9 heteroatoms. The quantitative estimate of drug-likeness (QED) is 0.892. The molecule has 6 nitrogen and oxygen atoms in total. The lowest BCUT2D eigenvalue weighted by molar-refractivity contribution is 0.591. The van der Waals surface area contributed by atoms with Crippen LogP contribution in [0, 0.1) is 19.7 Å². The number of halogens is 1. The van der Waals surface area contributed by atoms with E-state index >= 15 is 0 Å². The lowest BCUT2D eigenvalue weighted by Crippen LogP contribution is -2.14. The van der Waals surface area contributed by atoms with E-state index in [4.69, 9.17) is 5.73 Å². The van der Waals surface area contributed by atoms with Gasteiger partial charge in [-0.3, -0.25) is 4.72 Å². The number of rotatable bonds is 4. The summed E-state index contributed by atoms with van der Waals surface area (Å²) in [7, 11) is -3.84. The summed E-state index contributed by atoms with van der Waals surface area (Å²) in [5.74, 6) is -0.488. The zero-order chi connectivity index (χ0) is 14.9. The molecule has 0 aliphatic heterocycles. The van der Waals surface area contributed by atoms with Gasteiger partial charge in [0.15, 0.2) is 0 Å². The Kier molecular flexibility index (Phi) is 4.02. The van der Waals surface area contributed by atoms with Crippen molar-refractivity contribution in [2.24, 2.45) is 5.73 Å². The Labute approximate surface area is 119 Å². The first-order valence-electron chi connectivity index (χ1n) is 5.65. The third-order valence-electron chi connectivity index (χ3n) is 2.58.